The average molecular weight is 547 g/mol. The molecular formula is C36H39BO4. The lowest BCUT2D eigenvalue weighted by Crippen LogP contribution is -2.33. The molecule has 1 saturated heterocycles. The molecule has 0 N–H and O–H groups in total. The van der Waals surface area contributed by atoms with Gasteiger partial charge in [0.05, 0.1) is 25.4 Å². The standard InChI is InChI=1S/C36H39BO4/c1-2-3-4-17-26-37-40-33(27-38-35(29-18-9-5-10-19-29)30-20-11-6-12-21-30)34(41-37)28-39-36(31-22-13-7-14-23-31)32-24-15-8-16-25-32/h5-26,33-36H,2-4,27-28H2,1H3/b26-17+/t33-,34-/m1/s1. The lowest BCUT2D eigenvalue weighted by atomic mass is 9.90. The lowest BCUT2D eigenvalue weighted by molar-refractivity contribution is -0.0321. The van der Waals surface area contributed by atoms with E-state index in [1.54, 1.807) is 0 Å². The highest BCUT2D eigenvalue weighted by molar-refractivity contribution is 6.51. The number of unbranched alkanes of at least 4 members (excludes halogenated alkanes) is 2. The maximum atomic E-state index is 6.61. The fourth-order valence-electron chi connectivity index (χ4n) is 5.13. The van der Waals surface area contributed by atoms with Crippen LogP contribution in [-0.2, 0) is 18.8 Å². The fourth-order valence-corrected chi connectivity index (χ4v) is 5.13. The molecule has 1 fully saturated rings. The number of allylic oxidation sites excluding steroid dienone is 1. The normalized spacial score (nSPS) is 17.2. The van der Waals surface area contributed by atoms with E-state index in [-0.39, 0.29) is 24.4 Å². The molecular weight excluding hydrogens is 507 g/mol. The van der Waals surface area contributed by atoms with E-state index in [4.69, 9.17) is 18.8 Å². The zero-order chi connectivity index (χ0) is 28.1. The Morgan fingerprint density at radius 1 is 0.610 bits per heavy atom. The topological polar surface area (TPSA) is 36.9 Å². The van der Waals surface area contributed by atoms with E-state index in [1.807, 2.05) is 78.8 Å². The van der Waals surface area contributed by atoms with Crippen LogP contribution in [0.15, 0.2) is 133 Å². The van der Waals surface area contributed by atoms with Crippen LogP contribution in [0.4, 0.5) is 0 Å². The van der Waals surface area contributed by atoms with Crippen molar-refractivity contribution in [2.45, 2.75) is 50.6 Å². The van der Waals surface area contributed by atoms with Gasteiger partial charge < -0.3 is 18.8 Å². The van der Waals surface area contributed by atoms with Gasteiger partial charge in [0.15, 0.2) is 0 Å². The molecule has 0 aliphatic carbocycles. The number of hydrogen-bond acceptors (Lipinski definition) is 4. The Morgan fingerprint density at radius 3 is 1.32 bits per heavy atom. The number of rotatable bonds is 14. The minimum Gasteiger partial charge on any atom is -0.400 e. The Hall–Kier alpha value is -3.48. The minimum absolute atomic E-state index is 0.205. The maximum Gasteiger partial charge on any atom is 0.486 e. The maximum absolute atomic E-state index is 6.61. The summed E-state index contributed by atoms with van der Waals surface area (Å²) in [4.78, 5) is 0. The molecule has 1 aliphatic heterocycles. The predicted octanol–water partition coefficient (Wildman–Crippen LogP) is 8.16. The van der Waals surface area contributed by atoms with Crippen molar-refractivity contribution in [2.24, 2.45) is 0 Å². The van der Waals surface area contributed by atoms with E-state index in [2.05, 4.69) is 61.5 Å². The molecule has 5 heteroatoms. The largest absolute Gasteiger partial charge is 0.486 e. The van der Waals surface area contributed by atoms with Gasteiger partial charge in [0.2, 0.25) is 0 Å². The van der Waals surface area contributed by atoms with Crippen molar-refractivity contribution in [1.82, 2.24) is 0 Å². The summed E-state index contributed by atoms with van der Waals surface area (Å²) in [6.07, 6.45) is 4.50. The number of ether oxygens (including phenoxy) is 2. The van der Waals surface area contributed by atoms with Crippen molar-refractivity contribution in [2.75, 3.05) is 13.2 Å². The molecule has 5 rings (SSSR count). The molecule has 0 radical (unpaired) electrons. The molecule has 1 heterocycles. The summed E-state index contributed by atoms with van der Waals surface area (Å²) >= 11 is 0. The van der Waals surface area contributed by atoms with Gasteiger partial charge in [0.1, 0.15) is 12.2 Å². The van der Waals surface area contributed by atoms with Gasteiger partial charge in [-0.25, -0.2) is 0 Å². The zero-order valence-electron chi connectivity index (χ0n) is 23.8. The molecule has 4 aromatic rings. The summed E-state index contributed by atoms with van der Waals surface area (Å²) in [6.45, 7) is 2.95. The first kappa shape index (κ1) is 29.0. The van der Waals surface area contributed by atoms with Crippen molar-refractivity contribution < 1.29 is 18.8 Å². The molecule has 0 saturated carbocycles. The average Bonchev–Trinajstić information content (AvgIpc) is 3.43. The second-order valence-corrected chi connectivity index (χ2v) is 10.4. The first-order valence-corrected chi connectivity index (χ1v) is 14.7. The van der Waals surface area contributed by atoms with Gasteiger partial charge >= 0.3 is 7.12 Å². The van der Waals surface area contributed by atoms with Crippen LogP contribution in [0.1, 0.15) is 60.6 Å². The van der Waals surface area contributed by atoms with Crippen LogP contribution in [0.3, 0.4) is 0 Å². The van der Waals surface area contributed by atoms with Gasteiger partial charge in [-0.15, -0.1) is 0 Å². The summed E-state index contributed by atoms with van der Waals surface area (Å²) in [6, 6.07) is 41.3. The zero-order valence-corrected chi connectivity index (χ0v) is 23.8. The molecule has 4 aromatic carbocycles. The van der Waals surface area contributed by atoms with Crippen molar-refractivity contribution in [3.05, 3.63) is 156 Å². The molecule has 0 aromatic heterocycles. The number of benzene rings is 4. The third-order valence-electron chi connectivity index (χ3n) is 7.31. The monoisotopic (exact) mass is 546 g/mol. The Morgan fingerprint density at radius 2 is 0.976 bits per heavy atom. The van der Waals surface area contributed by atoms with Gasteiger partial charge in [-0.3, -0.25) is 0 Å². The summed E-state index contributed by atoms with van der Waals surface area (Å²) in [5.41, 5.74) is 4.42. The first-order valence-electron chi connectivity index (χ1n) is 14.7. The minimum atomic E-state index is -0.423. The Balaban J connectivity index is 1.33. The molecule has 0 bridgehead atoms. The summed E-state index contributed by atoms with van der Waals surface area (Å²) < 4.78 is 26.0. The Labute approximate surface area is 245 Å². The third-order valence-corrected chi connectivity index (χ3v) is 7.31. The summed E-state index contributed by atoms with van der Waals surface area (Å²) in [7, 11) is -0.423. The van der Waals surface area contributed by atoms with E-state index >= 15 is 0 Å². The van der Waals surface area contributed by atoms with Crippen molar-refractivity contribution in [3.63, 3.8) is 0 Å². The van der Waals surface area contributed by atoms with Crippen LogP contribution in [0.5, 0.6) is 0 Å². The van der Waals surface area contributed by atoms with E-state index in [1.165, 1.54) is 0 Å². The van der Waals surface area contributed by atoms with Crippen LogP contribution in [0, 0.1) is 0 Å². The summed E-state index contributed by atoms with van der Waals surface area (Å²) in [5.74, 6) is 2.03. The second-order valence-electron chi connectivity index (χ2n) is 10.4. The molecule has 2 atom stereocenters. The second kappa shape index (κ2) is 15.5. The van der Waals surface area contributed by atoms with Crippen LogP contribution in [-0.4, -0.2) is 32.5 Å². The molecule has 4 nitrogen and oxygen atoms in total. The number of hydrogen-bond donors (Lipinski definition) is 0. The van der Waals surface area contributed by atoms with Crippen LogP contribution >= 0.6 is 0 Å². The van der Waals surface area contributed by atoms with Gasteiger partial charge in [0.25, 0.3) is 0 Å². The van der Waals surface area contributed by atoms with Crippen LogP contribution < -0.4 is 0 Å². The smallest absolute Gasteiger partial charge is 0.400 e. The highest BCUT2D eigenvalue weighted by Gasteiger charge is 2.39. The van der Waals surface area contributed by atoms with E-state index in [0.717, 1.165) is 41.5 Å². The third kappa shape index (κ3) is 8.28. The molecule has 41 heavy (non-hydrogen) atoms. The summed E-state index contributed by atoms with van der Waals surface area (Å²) in [5, 5.41) is 0. The first-order chi connectivity index (χ1) is 20.3. The SMILES string of the molecule is CCCC/C=C/B1O[C@H](COC(c2ccccc2)c2ccccc2)[C@@H](COC(c2ccccc2)c2ccccc2)O1. The van der Waals surface area contributed by atoms with Crippen molar-refractivity contribution >= 4 is 7.12 Å². The van der Waals surface area contributed by atoms with Crippen LogP contribution in [0.25, 0.3) is 0 Å². The molecule has 1 aliphatic rings. The Kier molecular flexibility index (Phi) is 11.0. The van der Waals surface area contributed by atoms with Crippen LogP contribution in [0.2, 0.25) is 0 Å². The van der Waals surface area contributed by atoms with Crippen molar-refractivity contribution in [3.8, 4) is 0 Å². The highest BCUT2D eigenvalue weighted by atomic mass is 16.7. The fraction of sp³-hybridized carbons (Fsp3) is 0.278. The predicted molar refractivity (Wildman–Crippen MR) is 166 cm³/mol. The molecule has 0 spiro atoms. The van der Waals surface area contributed by atoms with E-state index < -0.39 is 7.12 Å². The van der Waals surface area contributed by atoms with Gasteiger partial charge in [-0.1, -0.05) is 153 Å². The molecule has 0 amide bonds. The quantitative estimate of drug-likeness (QED) is 0.118. The highest BCUT2D eigenvalue weighted by Crippen LogP contribution is 2.30. The Bertz CT molecular complexity index is 1130. The van der Waals surface area contributed by atoms with E-state index in [9.17, 15) is 0 Å². The van der Waals surface area contributed by atoms with Crippen molar-refractivity contribution in [1.29, 1.82) is 0 Å². The molecule has 210 valence electrons. The lowest BCUT2D eigenvalue weighted by Gasteiger charge is -2.25. The van der Waals surface area contributed by atoms with Gasteiger partial charge in [0, 0.05) is 0 Å². The van der Waals surface area contributed by atoms with Gasteiger partial charge in [-0.05, 0) is 28.7 Å². The van der Waals surface area contributed by atoms with E-state index in [0.29, 0.717) is 13.2 Å². The van der Waals surface area contributed by atoms with Gasteiger partial charge in [-0.2, -0.15) is 0 Å². The molecule has 0 unspecified atom stereocenters.